The van der Waals surface area contributed by atoms with Crippen molar-refractivity contribution in [3.05, 3.63) is 5.32 Å². The van der Waals surface area contributed by atoms with Gasteiger partial charge in [0.15, 0.2) is 0 Å². The van der Waals surface area contributed by atoms with Gasteiger partial charge in [-0.1, -0.05) is 0 Å². The minimum absolute atomic E-state index is 0. The van der Waals surface area contributed by atoms with Crippen molar-refractivity contribution in [2.24, 2.45) is 21.5 Å². The van der Waals surface area contributed by atoms with Crippen LogP contribution in [-0.2, 0) is 19.5 Å². The maximum Gasteiger partial charge on any atom is 0.142 e. The van der Waals surface area contributed by atoms with E-state index in [0.717, 1.165) is 0 Å². The molecule has 54 valence electrons. The first-order valence-electron chi connectivity index (χ1n) is 2.37. The van der Waals surface area contributed by atoms with Crippen LogP contribution in [0.2, 0.25) is 0 Å². The van der Waals surface area contributed by atoms with Crippen molar-refractivity contribution >= 4 is 11.9 Å². The summed E-state index contributed by atoms with van der Waals surface area (Å²) in [4.78, 5) is 7.11. The van der Waals surface area contributed by atoms with Crippen molar-refractivity contribution < 1.29 is 19.5 Å². The van der Waals surface area contributed by atoms with Crippen LogP contribution < -0.4 is 11.5 Å². The third kappa shape index (κ3) is 5.50. The summed E-state index contributed by atoms with van der Waals surface area (Å²) in [6.45, 7) is 0. The Labute approximate surface area is 72.7 Å². The van der Waals surface area contributed by atoms with E-state index in [9.17, 15) is 0 Å². The number of nitrogens with zero attached hydrogens (tertiary/aromatic N) is 3. The fraction of sp³-hybridized carbons (Fsp3) is 0.500. The fourth-order valence-corrected chi connectivity index (χ4v) is 0.217. The number of hydrogen-bond acceptors (Lipinski definition) is 1. The van der Waals surface area contributed by atoms with E-state index in [1.54, 1.807) is 0 Å². The predicted molar refractivity (Wildman–Crippen MR) is 38.5 cm³/mol. The van der Waals surface area contributed by atoms with Gasteiger partial charge in [-0.3, -0.25) is 4.99 Å². The predicted octanol–water partition coefficient (Wildman–Crippen LogP) is -0.753. The first-order valence-corrected chi connectivity index (χ1v) is 2.37. The van der Waals surface area contributed by atoms with Gasteiger partial charge < -0.3 is 21.8 Å². The maximum absolute atomic E-state index is 5.17. The number of rotatable bonds is 0. The Hall–Kier alpha value is -0.637. The molecule has 0 unspecified atom stereocenters. The summed E-state index contributed by atoms with van der Waals surface area (Å²) >= 11 is 0. The van der Waals surface area contributed by atoms with Gasteiger partial charge in [-0.2, -0.15) is 0 Å². The molecular formula is C4H10N5Zn-. The molecule has 0 aromatic rings. The van der Waals surface area contributed by atoms with Crippen molar-refractivity contribution in [2.45, 2.75) is 0 Å². The molecule has 0 rings (SSSR count). The Kier molecular flexibility index (Phi) is 7.83. The van der Waals surface area contributed by atoms with Gasteiger partial charge in [0.05, 0.1) is 0 Å². The van der Waals surface area contributed by atoms with Crippen molar-refractivity contribution in [1.82, 2.24) is 0 Å². The van der Waals surface area contributed by atoms with Crippen LogP contribution in [0.4, 0.5) is 0 Å². The summed E-state index contributed by atoms with van der Waals surface area (Å²) in [7, 11) is 3.06. The van der Waals surface area contributed by atoms with E-state index in [1.807, 2.05) is 0 Å². The molecule has 0 atom stereocenters. The zero-order chi connectivity index (χ0) is 7.28. The molecule has 0 aromatic heterocycles. The third-order valence-electron chi connectivity index (χ3n) is 0.687. The van der Waals surface area contributed by atoms with E-state index in [1.165, 1.54) is 14.1 Å². The zero-order valence-electron chi connectivity index (χ0n) is 6.20. The Bertz CT molecular complexity index is 141. The Balaban J connectivity index is 0. The molecule has 0 bridgehead atoms. The molecule has 0 saturated carbocycles. The Morgan fingerprint density at radius 3 is 2.20 bits per heavy atom. The molecule has 0 aliphatic rings. The van der Waals surface area contributed by atoms with Crippen LogP contribution in [0.1, 0.15) is 0 Å². The molecule has 10 heavy (non-hydrogen) atoms. The number of guanidine groups is 2. The van der Waals surface area contributed by atoms with E-state index < -0.39 is 0 Å². The standard InChI is InChI=1S/C4H10N5.Zn/c1-7-3(5)9-4(6)8-2;/h1-2H3,(H4-,5,6,7,8,9);/q-1;. The molecule has 0 heterocycles. The SMILES string of the molecule is CN=C(N)N=C(N)[N-]C.[Zn]. The topological polar surface area (TPSA) is 90.9 Å². The molecule has 0 amide bonds. The minimum Gasteiger partial charge on any atom is -0.453 e. The van der Waals surface area contributed by atoms with E-state index >= 15 is 0 Å². The Morgan fingerprint density at radius 1 is 1.40 bits per heavy atom. The van der Waals surface area contributed by atoms with Gasteiger partial charge in [0, 0.05) is 32.5 Å². The van der Waals surface area contributed by atoms with E-state index in [2.05, 4.69) is 15.3 Å². The molecule has 4 N–H and O–H groups in total. The first kappa shape index (κ1) is 12.1. The maximum atomic E-state index is 5.17. The minimum atomic E-state index is 0. The summed E-state index contributed by atoms with van der Waals surface area (Å²) < 4.78 is 0. The van der Waals surface area contributed by atoms with Crippen LogP contribution in [0.25, 0.3) is 5.32 Å². The molecule has 0 aliphatic heterocycles. The molecule has 0 radical (unpaired) electrons. The number of hydrogen-bond donors (Lipinski definition) is 2. The van der Waals surface area contributed by atoms with Crippen molar-refractivity contribution in [1.29, 1.82) is 0 Å². The van der Waals surface area contributed by atoms with Gasteiger partial charge in [-0.05, 0) is 7.05 Å². The van der Waals surface area contributed by atoms with Crippen molar-refractivity contribution in [3.63, 3.8) is 0 Å². The molecule has 5 nitrogen and oxygen atoms in total. The second kappa shape index (κ2) is 6.48. The van der Waals surface area contributed by atoms with Gasteiger partial charge in [0.2, 0.25) is 0 Å². The molecule has 0 aliphatic carbocycles. The summed E-state index contributed by atoms with van der Waals surface area (Å²) in [6, 6.07) is 0. The fourth-order valence-electron chi connectivity index (χ4n) is 0.217. The second-order valence-corrected chi connectivity index (χ2v) is 1.28. The van der Waals surface area contributed by atoms with Crippen LogP contribution in [0.15, 0.2) is 9.98 Å². The first-order chi connectivity index (χ1) is 4.20. The molecule has 0 saturated heterocycles. The summed E-state index contributed by atoms with van der Waals surface area (Å²) in [6.07, 6.45) is 0. The quantitative estimate of drug-likeness (QED) is 0.301. The second-order valence-electron chi connectivity index (χ2n) is 1.28. The van der Waals surface area contributed by atoms with E-state index in [-0.39, 0.29) is 31.4 Å². The monoisotopic (exact) mass is 192 g/mol. The zero-order valence-corrected chi connectivity index (χ0v) is 9.17. The molecule has 0 aromatic carbocycles. The van der Waals surface area contributed by atoms with Crippen LogP contribution in [0.3, 0.4) is 0 Å². The molecular weight excluding hydrogens is 183 g/mol. The average molecular weight is 194 g/mol. The molecule has 0 fully saturated rings. The van der Waals surface area contributed by atoms with E-state index in [4.69, 9.17) is 11.5 Å². The van der Waals surface area contributed by atoms with Crippen molar-refractivity contribution in [2.75, 3.05) is 14.1 Å². The largest absolute Gasteiger partial charge is 0.453 e. The van der Waals surface area contributed by atoms with E-state index in [0.29, 0.717) is 0 Å². The van der Waals surface area contributed by atoms with Crippen molar-refractivity contribution in [3.8, 4) is 0 Å². The van der Waals surface area contributed by atoms with Crippen LogP contribution in [0, 0.1) is 0 Å². The number of nitrogens with two attached hydrogens (primary N) is 2. The molecule has 0 spiro atoms. The van der Waals surface area contributed by atoms with Gasteiger partial charge in [0.25, 0.3) is 0 Å². The van der Waals surface area contributed by atoms with Gasteiger partial charge in [0.1, 0.15) is 5.96 Å². The Morgan fingerprint density at radius 2 is 1.90 bits per heavy atom. The average Bonchev–Trinajstić information content (AvgIpc) is 1.87. The van der Waals surface area contributed by atoms with Crippen LogP contribution in [0.5, 0.6) is 0 Å². The van der Waals surface area contributed by atoms with Gasteiger partial charge in [-0.25, -0.2) is 0 Å². The van der Waals surface area contributed by atoms with Gasteiger partial charge >= 0.3 is 0 Å². The summed E-state index contributed by atoms with van der Waals surface area (Å²) in [5.74, 6) is 0.274. The number of aliphatic imine (C=N–C) groups is 2. The van der Waals surface area contributed by atoms with Crippen LogP contribution in [-0.4, -0.2) is 26.0 Å². The summed E-state index contributed by atoms with van der Waals surface area (Å²) in [5, 5.41) is 3.54. The molecule has 6 heteroatoms. The van der Waals surface area contributed by atoms with Crippen LogP contribution >= 0.6 is 0 Å². The van der Waals surface area contributed by atoms with Gasteiger partial charge in [-0.15, -0.1) is 0 Å². The third-order valence-corrected chi connectivity index (χ3v) is 0.687. The normalized spacial score (nSPS) is 12.2. The summed E-state index contributed by atoms with van der Waals surface area (Å²) in [5.41, 5.74) is 10.3. The smallest absolute Gasteiger partial charge is 0.142 e.